The molecule has 1 aliphatic rings. The van der Waals surface area contributed by atoms with E-state index in [9.17, 15) is 4.79 Å². The number of terminal acetylenes is 1. The van der Waals surface area contributed by atoms with Crippen molar-refractivity contribution in [3.63, 3.8) is 0 Å². The van der Waals surface area contributed by atoms with Gasteiger partial charge < -0.3 is 10.2 Å². The topological polar surface area (TPSA) is 63.1 Å². The van der Waals surface area contributed by atoms with Crippen molar-refractivity contribution in [3.8, 4) is 18.0 Å². The minimum absolute atomic E-state index is 0.107. The average molecular weight is 355 g/mol. The largest absolute Gasteiger partial charge is 0.344 e. The van der Waals surface area contributed by atoms with Crippen molar-refractivity contribution in [1.29, 1.82) is 0 Å². The van der Waals surface area contributed by atoms with Gasteiger partial charge in [-0.25, -0.2) is 0 Å². The van der Waals surface area contributed by atoms with E-state index < -0.39 is 0 Å². The van der Waals surface area contributed by atoms with Gasteiger partial charge in [-0.2, -0.15) is 0 Å². The maximum Gasteiger partial charge on any atom is 0.232 e. The second-order valence-electron chi connectivity index (χ2n) is 5.92. The summed E-state index contributed by atoms with van der Waals surface area (Å²) in [5, 5.41) is 12.1. The fourth-order valence-corrected chi connectivity index (χ4v) is 3.51. The Morgan fingerprint density at radius 1 is 1.28 bits per heavy atom. The van der Waals surface area contributed by atoms with Crippen LogP contribution in [-0.2, 0) is 4.79 Å². The molecule has 3 rings (SSSR count). The summed E-state index contributed by atoms with van der Waals surface area (Å²) in [5.41, 5.74) is 2.20. The van der Waals surface area contributed by atoms with Gasteiger partial charge in [0.2, 0.25) is 11.9 Å². The molecule has 0 saturated carbocycles. The molecule has 1 fully saturated rings. The molecule has 0 aliphatic carbocycles. The third-order valence-electron chi connectivity index (χ3n) is 4.02. The third-order valence-corrected chi connectivity index (χ3v) is 4.95. The Bertz CT molecular complexity index is 772. The summed E-state index contributed by atoms with van der Waals surface area (Å²) < 4.78 is 2.03. The number of hydrogen-bond donors (Lipinski definition) is 1. The molecular weight excluding hydrogens is 334 g/mol. The molecule has 0 bridgehead atoms. The zero-order chi connectivity index (χ0) is 17.6. The summed E-state index contributed by atoms with van der Waals surface area (Å²) in [6.45, 7) is 4.26. The van der Waals surface area contributed by atoms with Gasteiger partial charge in [0.25, 0.3) is 0 Å². The molecule has 2 heterocycles. The van der Waals surface area contributed by atoms with Crippen molar-refractivity contribution in [2.75, 3.05) is 30.3 Å². The Morgan fingerprint density at radius 2 is 2.00 bits per heavy atom. The van der Waals surface area contributed by atoms with E-state index in [-0.39, 0.29) is 18.2 Å². The maximum absolute atomic E-state index is 11.8. The second kappa shape index (κ2) is 8.08. The normalized spacial score (nSPS) is 13.7. The molecule has 0 radical (unpaired) electrons. The maximum atomic E-state index is 11.8. The van der Waals surface area contributed by atoms with Crippen LogP contribution >= 0.6 is 11.8 Å². The average Bonchev–Trinajstić information content (AvgIpc) is 3.28. The molecule has 7 heteroatoms. The van der Waals surface area contributed by atoms with Gasteiger partial charge >= 0.3 is 0 Å². The molecule has 2 aromatic rings. The van der Waals surface area contributed by atoms with Crippen molar-refractivity contribution in [2.45, 2.75) is 24.9 Å². The Kier molecular flexibility index (Phi) is 5.61. The van der Waals surface area contributed by atoms with Gasteiger partial charge in [0, 0.05) is 13.1 Å². The van der Waals surface area contributed by atoms with Gasteiger partial charge in [0.05, 0.1) is 18.0 Å². The standard InChI is InChI=1S/C18H21N5OS/c1-3-10-19-16(24)13-25-18-21-20-17(22-11-4-5-12-22)23(18)15-8-6-14(2)7-9-15/h1,6-9H,4-5,10-13H2,2H3,(H,19,24). The van der Waals surface area contributed by atoms with Crippen LogP contribution in [0.4, 0.5) is 5.95 Å². The van der Waals surface area contributed by atoms with Gasteiger partial charge in [-0.3, -0.25) is 9.36 Å². The molecule has 1 aromatic heterocycles. The first kappa shape index (κ1) is 17.4. The SMILES string of the molecule is C#CCNC(=O)CSc1nnc(N2CCCC2)n1-c1ccc(C)cc1. The van der Waals surface area contributed by atoms with Crippen LogP contribution in [0.3, 0.4) is 0 Å². The number of aromatic nitrogens is 3. The van der Waals surface area contributed by atoms with Crippen LogP contribution in [0.15, 0.2) is 29.4 Å². The smallest absolute Gasteiger partial charge is 0.232 e. The van der Waals surface area contributed by atoms with E-state index in [1.54, 1.807) is 0 Å². The predicted octanol–water partition coefficient (Wildman–Crippen LogP) is 2.02. The minimum Gasteiger partial charge on any atom is -0.344 e. The fraction of sp³-hybridized carbons (Fsp3) is 0.389. The second-order valence-corrected chi connectivity index (χ2v) is 6.86. The van der Waals surface area contributed by atoms with E-state index in [0.29, 0.717) is 5.16 Å². The van der Waals surface area contributed by atoms with Gasteiger partial charge in [0.15, 0.2) is 5.16 Å². The van der Waals surface area contributed by atoms with Crippen LogP contribution in [0.25, 0.3) is 5.69 Å². The molecular formula is C18H21N5OS. The Balaban J connectivity index is 1.86. The number of rotatable bonds is 6. The number of hydrogen-bond acceptors (Lipinski definition) is 5. The van der Waals surface area contributed by atoms with Crippen LogP contribution in [-0.4, -0.2) is 46.1 Å². The van der Waals surface area contributed by atoms with Crippen molar-refractivity contribution in [3.05, 3.63) is 29.8 Å². The number of benzene rings is 1. The summed E-state index contributed by atoms with van der Waals surface area (Å²) in [7, 11) is 0. The zero-order valence-corrected chi connectivity index (χ0v) is 15.1. The molecule has 0 spiro atoms. The lowest BCUT2D eigenvalue weighted by Crippen LogP contribution is -2.25. The van der Waals surface area contributed by atoms with Crippen molar-refractivity contribution in [1.82, 2.24) is 20.1 Å². The van der Waals surface area contributed by atoms with Crippen molar-refractivity contribution < 1.29 is 4.79 Å². The zero-order valence-electron chi connectivity index (χ0n) is 14.2. The van der Waals surface area contributed by atoms with E-state index in [0.717, 1.165) is 37.6 Å². The van der Waals surface area contributed by atoms with Crippen LogP contribution in [0.1, 0.15) is 18.4 Å². The Hall–Kier alpha value is -2.46. The number of carbonyl (C=O) groups is 1. The number of aryl methyl sites for hydroxylation is 1. The monoisotopic (exact) mass is 355 g/mol. The fourth-order valence-electron chi connectivity index (χ4n) is 2.73. The van der Waals surface area contributed by atoms with Crippen molar-refractivity contribution >= 4 is 23.6 Å². The van der Waals surface area contributed by atoms with Crippen LogP contribution in [0, 0.1) is 19.3 Å². The first-order valence-electron chi connectivity index (χ1n) is 8.29. The van der Waals surface area contributed by atoms with E-state index in [1.807, 2.05) is 4.57 Å². The molecule has 6 nitrogen and oxygen atoms in total. The number of amides is 1. The number of nitrogens with zero attached hydrogens (tertiary/aromatic N) is 4. The molecule has 1 aliphatic heterocycles. The molecule has 1 amide bonds. The highest BCUT2D eigenvalue weighted by molar-refractivity contribution is 7.99. The van der Waals surface area contributed by atoms with Gasteiger partial charge in [0.1, 0.15) is 0 Å². The minimum atomic E-state index is -0.107. The first-order valence-corrected chi connectivity index (χ1v) is 9.28. The molecule has 1 saturated heterocycles. The molecule has 25 heavy (non-hydrogen) atoms. The summed E-state index contributed by atoms with van der Waals surface area (Å²) in [6.07, 6.45) is 7.49. The number of nitrogens with one attached hydrogen (secondary N) is 1. The van der Waals surface area contributed by atoms with Gasteiger partial charge in [-0.1, -0.05) is 35.4 Å². The highest BCUT2D eigenvalue weighted by Gasteiger charge is 2.22. The van der Waals surface area contributed by atoms with Gasteiger partial charge in [-0.05, 0) is 31.9 Å². The molecule has 0 atom stereocenters. The van der Waals surface area contributed by atoms with Gasteiger partial charge in [-0.15, -0.1) is 16.6 Å². The lowest BCUT2D eigenvalue weighted by molar-refractivity contribution is -0.118. The highest BCUT2D eigenvalue weighted by atomic mass is 32.2. The summed E-state index contributed by atoms with van der Waals surface area (Å²) in [5.74, 6) is 3.39. The third kappa shape index (κ3) is 4.15. The Labute approximate surface area is 152 Å². The number of anilines is 1. The lowest BCUT2D eigenvalue weighted by Gasteiger charge is -2.18. The highest BCUT2D eigenvalue weighted by Crippen LogP contribution is 2.28. The molecule has 130 valence electrons. The van der Waals surface area contributed by atoms with Crippen molar-refractivity contribution in [2.24, 2.45) is 0 Å². The predicted molar refractivity (Wildman–Crippen MR) is 100 cm³/mol. The van der Waals surface area contributed by atoms with E-state index >= 15 is 0 Å². The summed E-state index contributed by atoms with van der Waals surface area (Å²) in [4.78, 5) is 14.1. The Morgan fingerprint density at radius 3 is 2.68 bits per heavy atom. The molecule has 0 unspecified atom stereocenters. The molecule has 1 aromatic carbocycles. The summed E-state index contributed by atoms with van der Waals surface area (Å²) in [6, 6.07) is 8.25. The summed E-state index contributed by atoms with van der Waals surface area (Å²) >= 11 is 1.37. The molecule has 1 N–H and O–H groups in total. The number of thioether (sulfide) groups is 1. The van der Waals surface area contributed by atoms with E-state index in [4.69, 9.17) is 6.42 Å². The van der Waals surface area contributed by atoms with E-state index in [2.05, 4.69) is 57.5 Å². The van der Waals surface area contributed by atoms with Crippen LogP contribution < -0.4 is 10.2 Å². The van der Waals surface area contributed by atoms with Crippen LogP contribution in [0.5, 0.6) is 0 Å². The number of carbonyl (C=O) groups excluding carboxylic acids is 1. The quantitative estimate of drug-likeness (QED) is 0.634. The first-order chi connectivity index (χ1) is 12.2. The van der Waals surface area contributed by atoms with Crippen LogP contribution in [0.2, 0.25) is 0 Å². The van der Waals surface area contributed by atoms with E-state index in [1.165, 1.54) is 17.3 Å². The lowest BCUT2D eigenvalue weighted by atomic mass is 10.2.